The minimum absolute atomic E-state index is 0.0683. The number of azo groups is 4. The van der Waals surface area contributed by atoms with Gasteiger partial charge in [-0.05, 0) is 89.6 Å². The quantitative estimate of drug-likeness (QED) is 0.0232. The van der Waals surface area contributed by atoms with E-state index in [2.05, 4.69) is 40.9 Å². The molecule has 0 aromatic heterocycles. The topological polar surface area (TPSA) is 585 Å². The maximum atomic E-state index is 13.1. The lowest BCUT2D eigenvalue weighted by Crippen LogP contribution is -2.04. The lowest BCUT2D eigenvalue weighted by Gasteiger charge is -2.14. The zero-order chi connectivity index (χ0) is 63.8. The summed E-state index contributed by atoms with van der Waals surface area (Å²) in [5.41, 5.74) is -2.14. The number of nitrogens with zero attached hydrogens (tertiary/aromatic N) is 8. The van der Waals surface area contributed by atoms with Crippen LogP contribution in [0.3, 0.4) is 0 Å². The van der Waals surface area contributed by atoms with Crippen molar-refractivity contribution in [1.29, 1.82) is 0 Å². The molecule has 8 aromatic rings. The Bertz CT molecular complexity index is 5280. The molecule has 86 heavy (non-hydrogen) atoms. The van der Waals surface area contributed by atoms with Crippen molar-refractivity contribution in [1.82, 2.24) is 0 Å². The van der Waals surface area contributed by atoms with Gasteiger partial charge in [-0.25, -0.2) is 0 Å². The van der Waals surface area contributed by atoms with Crippen molar-refractivity contribution in [3.63, 3.8) is 0 Å². The minimum atomic E-state index is -5.76. The summed E-state index contributed by atoms with van der Waals surface area (Å²) >= 11 is 0. The molecule has 0 aliphatic carbocycles. The van der Waals surface area contributed by atoms with E-state index in [9.17, 15) is 106 Å². The molecule has 42 heteroatoms. The third kappa shape index (κ3) is 12.6. The predicted octanol–water partition coefficient (Wildman–Crippen LogP) is 8.25. The number of hydrogen-bond donors (Lipinski definition) is 11. The molecule has 0 radical (unpaired) electrons. The van der Waals surface area contributed by atoms with Crippen molar-refractivity contribution in [3.8, 4) is 28.7 Å². The summed E-state index contributed by atoms with van der Waals surface area (Å²) in [5.74, 6) is -3.92. The van der Waals surface area contributed by atoms with Crippen molar-refractivity contribution >= 4 is 154 Å². The number of phenols is 3. The molecule has 0 fully saturated rings. The minimum Gasteiger partial charge on any atom is -0.505 e. The third-order valence-corrected chi connectivity index (χ3v) is 18.0. The van der Waals surface area contributed by atoms with E-state index < -0.39 is 195 Å². The van der Waals surface area contributed by atoms with Gasteiger partial charge in [0.1, 0.15) is 85.6 Å². The number of hydrogen-bond acceptors (Lipinski definition) is 28. The number of benzene rings is 8. The van der Waals surface area contributed by atoms with Gasteiger partial charge in [0.05, 0.1) is 31.0 Å². The summed E-state index contributed by atoms with van der Waals surface area (Å²) in [7, 11) is -35.8. The molecule has 0 unspecified atom stereocenters. The van der Waals surface area contributed by atoms with Crippen molar-refractivity contribution < 1.29 is 116 Å². The summed E-state index contributed by atoms with van der Waals surface area (Å²) in [4.78, 5) is -8.64. The van der Waals surface area contributed by atoms with Crippen LogP contribution in [0.1, 0.15) is 0 Å². The van der Waals surface area contributed by atoms with E-state index in [0.29, 0.717) is 30.3 Å². The summed E-state index contributed by atoms with van der Waals surface area (Å²) < 4.78 is 257. The second-order valence-corrected chi connectivity index (χ2v) is 26.9. The number of ether oxygens (including phenoxy) is 2. The molecule has 0 aliphatic rings. The van der Waals surface area contributed by atoms with Crippen molar-refractivity contribution in [2.24, 2.45) is 40.9 Å². The number of fused-ring (bicyclic) bond motifs is 3. The molecule has 12 N–H and O–H groups in total. The highest BCUT2D eigenvalue weighted by Crippen LogP contribution is 2.51. The highest BCUT2D eigenvalue weighted by Gasteiger charge is 2.32. The van der Waals surface area contributed by atoms with E-state index in [4.69, 9.17) is 15.2 Å². The molecule has 0 spiro atoms. The number of phenolic OH excluding ortho intramolecular Hbond substituents is 3. The van der Waals surface area contributed by atoms with Crippen molar-refractivity contribution in [3.05, 3.63) is 91.0 Å². The van der Waals surface area contributed by atoms with Crippen LogP contribution in [-0.4, -0.2) is 120 Å². The van der Waals surface area contributed by atoms with E-state index >= 15 is 0 Å². The molecule has 35 nitrogen and oxygen atoms in total. The van der Waals surface area contributed by atoms with E-state index in [1.54, 1.807) is 0 Å². The Morgan fingerprint density at radius 3 is 1.17 bits per heavy atom. The van der Waals surface area contributed by atoms with Crippen LogP contribution in [0.25, 0.3) is 32.3 Å². The highest BCUT2D eigenvalue weighted by atomic mass is 32.2. The number of rotatable bonds is 17. The Morgan fingerprint density at radius 1 is 0.349 bits per heavy atom. The van der Waals surface area contributed by atoms with Gasteiger partial charge in [-0.3, -0.25) is 31.9 Å². The Kier molecular flexibility index (Phi) is 16.3. The summed E-state index contributed by atoms with van der Waals surface area (Å²) in [6.07, 6.45) is 0. The molecule has 0 bridgehead atoms. The molecule has 8 aromatic carbocycles. The number of nitrogens with two attached hydrogens (primary N) is 1. The summed E-state index contributed by atoms with van der Waals surface area (Å²) in [5, 5.41) is 59.3. The molecular weight excluding hydrogens is 1290 g/mol. The van der Waals surface area contributed by atoms with Gasteiger partial charge in [0, 0.05) is 28.3 Å². The first-order valence-corrected chi connectivity index (χ1v) is 32.3. The van der Waals surface area contributed by atoms with Crippen LogP contribution in [0, 0.1) is 0 Å². The second-order valence-electron chi connectivity index (χ2n) is 17.2. The Labute approximate surface area is 482 Å². The molecule has 0 amide bonds. The zero-order valence-electron chi connectivity index (χ0n) is 42.2. The average molecular weight is 1330 g/mol. The Balaban J connectivity index is 1.27. The van der Waals surface area contributed by atoms with Gasteiger partial charge in [0.25, 0.3) is 70.8 Å². The maximum Gasteiger partial charge on any atom is 0.297 e. The smallest absolute Gasteiger partial charge is 0.297 e. The Hall–Kier alpha value is -8.89. The van der Waals surface area contributed by atoms with Crippen LogP contribution in [0.15, 0.2) is 166 Å². The highest BCUT2D eigenvalue weighted by molar-refractivity contribution is 7.87. The standard InChI is InChI=1S/C44H33N9O26S7/c1-78-21-4-8-26(29(15-21)80(57,58)59)47-52-38-32(83(66,67)68)12-18-11-20(3-6-23(18)41(38)54)46-51-40-33(84(69,70)71)14-19-13-31(82(63,64)65)37(36(45)35(19)43(40)56)50-49-28-10-7-24-25(44(28)86(75,76)77)17-34(85(72,73)74)39(42(24)55)53-48-27-9-5-22(79-2)16-30(27)81(60,61)62/h3-17,54-56H,45H2,1-2H3,(H,57,58,59)(H,60,61,62)(H,63,64,65)(H,66,67,68)(H,69,70,71)(H,72,73,74)(H,75,76,77). The van der Waals surface area contributed by atoms with Gasteiger partial charge < -0.3 is 30.5 Å². The zero-order valence-corrected chi connectivity index (χ0v) is 47.9. The number of aromatic hydroxyl groups is 3. The molecule has 0 aliphatic heterocycles. The molecule has 0 atom stereocenters. The predicted molar refractivity (Wildman–Crippen MR) is 293 cm³/mol. The molecule has 0 saturated heterocycles. The summed E-state index contributed by atoms with van der Waals surface area (Å²) in [6.45, 7) is 0. The first-order chi connectivity index (χ1) is 39.6. The van der Waals surface area contributed by atoms with Crippen molar-refractivity contribution in [2.75, 3.05) is 20.0 Å². The van der Waals surface area contributed by atoms with Crippen LogP contribution >= 0.6 is 0 Å². The second kappa shape index (κ2) is 22.2. The molecular formula is C44H33N9O26S7. The number of anilines is 1. The number of methoxy groups -OCH3 is 2. The normalized spacial score (nSPS) is 13.4. The van der Waals surface area contributed by atoms with E-state index in [1.807, 2.05) is 0 Å². The lowest BCUT2D eigenvalue weighted by molar-refractivity contribution is 0.412. The van der Waals surface area contributed by atoms with Gasteiger partial charge in [-0.1, -0.05) is 0 Å². The average Bonchev–Trinajstić information content (AvgIpc) is 0.854. The fourth-order valence-corrected chi connectivity index (χ4v) is 12.8. The first-order valence-electron chi connectivity index (χ1n) is 22.2. The fourth-order valence-electron chi connectivity index (χ4n) is 8.06. The first kappa shape index (κ1) is 63.1. The van der Waals surface area contributed by atoms with Crippen LogP contribution < -0.4 is 15.2 Å². The van der Waals surface area contributed by atoms with Crippen LogP contribution in [-0.2, 0) is 70.8 Å². The molecule has 0 saturated carbocycles. The Morgan fingerprint density at radius 2 is 0.721 bits per heavy atom. The fraction of sp³-hybridized carbons (Fsp3) is 0.0455. The maximum absolute atomic E-state index is 13.1. The van der Waals surface area contributed by atoms with Crippen molar-refractivity contribution in [2.45, 2.75) is 34.3 Å². The van der Waals surface area contributed by atoms with Gasteiger partial charge in [-0.15, -0.1) is 35.8 Å². The number of nitrogen functional groups attached to an aromatic ring is 1. The summed E-state index contributed by atoms with van der Waals surface area (Å²) in [6, 6.07) is 12.1. The SMILES string of the molecule is COc1ccc(N=Nc2c(S(=O)(=O)O)cc3cc(N=Nc4c(S(=O)(=O)O)cc5cc(S(=O)(=O)O)c(N=Nc6ccc7c(O)c(N=Nc8ccc(OC)cc8S(=O)(=O)O)c(S(=O)(=O)O)cc7c6S(=O)(=O)O)c(N)c5c4O)ccc3c2O)c(S(=O)(=O)O)c1. The van der Waals surface area contributed by atoms with Gasteiger partial charge >= 0.3 is 0 Å². The van der Waals surface area contributed by atoms with E-state index in [1.165, 1.54) is 13.2 Å². The van der Waals surface area contributed by atoms with E-state index in [0.717, 1.165) is 61.7 Å². The largest absolute Gasteiger partial charge is 0.505 e. The van der Waals surface area contributed by atoms with Gasteiger partial charge in [-0.2, -0.15) is 64.0 Å². The monoisotopic (exact) mass is 1330 g/mol. The van der Waals surface area contributed by atoms with Crippen LogP contribution in [0.4, 0.5) is 51.2 Å². The molecule has 8 rings (SSSR count). The lowest BCUT2D eigenvalue weighted by atomic mass is 10.0. The van der Waals surface area contributed by atoms with Crippen LogP contribution in [0.2, 0.25) is 0 Å². The van der Waals surface area contributed by atoms with Crippen LogP contribution in [0.5, 0.6) is 28.7 Å². The van der Waals surface area contributed by atoms with E-state index in [-0.39, 0.29) is 22.3 Å². The third-order valence-electron chi connectivity index (χ3n) is 11.8. The molecule has 0 heterocycles. The molecule has 452 valence electrons. The van der Waals surface area contributed by atoms with Gasteiger partial charge in [0.2, 0.25) is 0 Å². The van der Waals surface area contributed by atoms with Gasteiger partial charge in [0.15, 0.2) is 17.2 Å².